The lowest BCUT2D eigenvalue weighted by atomic mass is 9.82. The summed E-state index contributed by atoms with van der Waals surface area (Å²) in [6, 6.07) is -0.671. The summed E-state index contributed by atoms with van der Waals surface area (Å²) in [5.74, 6) is -6.62. The normalized spacial score (nSPS) is 44.8. The van der Waals surface area contributed by atoms with Crippen molar-refractivity contribution >= 4 is 11.9 Å². The highest BCUT2D eigenvalue weighted by Crippen LogP contribution is 2.38. The minimum atomic E-state index is -2.27. The number of carbonyl (C=O) groups is 2. The summed E-state index contributed by atoms with van der Waals surface area (Å²) >= 11 is 0. The average molecular weight is 908 g/mol. The van der Waals surface area contributed by atoms with Gasteiger partial charge in [0.1, 0.15) is 12.0 Å². The number of carboxylic acid groups (broad SMARTS) is 1. The van der Waals surface area contributed by atoms with Crippen LogP contribution in [-0.2, 0) is 28.5 Å². The minimum absolute atomic E-state index is 0.0903. The Balaban J connectivity index is 1.84. The fourth-order valence-corrected chi connectivity index (χ4v) is 7.98. The van der Waals surface area contributed by atoms with E-state index in [0.717, 1.165) is 0 Å². The van der Waals surface area contributed by atoms with Crippen molar-refractivity contribution < 1.29 is 79.6 Å². The van der Waals surface area contributed by atoms with Crippen molar-refractivity contribution in [2.75, 3.05) is 0 Å². The van der Waals surface area contributed by atoms with Crippen LogP contribution in [0.4, 0.5) is 0 Å². The van der Waals surface area contributed by atoms with Gasteiger partial charge in [0.15, 0.2) is 12.1 Å². The fraction of sp³-hybridized carbons (Fsp3) is 0.660. The highest BCUT2D eigenvalue weighted by molar-refractivity contribution is 5.71. The van der Waals surface area contributed by atoms with Crippen LogP contribution in [-0.4, -0.2) is 154 Å². The lowest BCUT2D eigenvalue weighted by Crippen LogP contribution is -2.56. The zero-order chi connectivity index (χ0) is 47.6. The second kappa shape index (κ2) is 27.3. The molecule has 0 unspecified atom stereocenters. The predicted octanol–water partition coefficient (Wildman–Crippen LogP) is 1.74. The van der Waals surface area contributed by atoms with Gasteiger partial charge in [0.05, 0.1) is 73.6 Å². The Hall–Kier alpha value is -3.40. The molecule has 3 aliphatic heterocycles. The van der Waals surface area contributed by atoms with Crippen molar-refractivity contribution in [3.8, 4) is 0 Å². The van der Waals surface area contributed by atoms with E-state index in [4.69, 9.17) is 24.7 Å². The lowest BCUT2D eigenvalue weighted by Gasteiger charge is -2.45. The first kappa shape index (κ1) is 54.9. The van der Waals surface area contributed by atoms with Crippen LogP contribution in [0.2, 0.25) is 0 Å². The molecular formula is C47H73NO16. The molecule has 3 aliphatic rings. The third-order valence-corrected chi connectivity index (χ3v) is 11.9. The highest BCUT2D eigenvalue weighted by Gasteiger charge is 2.50. The summed E-state index contributed by atoms with van der Waals surface area (Å²) in [6.45, 7) is 6.87. The van der Waals surface area contributed by atoms with E-state index in [0.29, 0.717) is 0 Å². The number of carboxylic acids is 1. The monoisotopic (exact) mass is 907 g/mol. The Morgan fingerprint density at radius 1 is 0.672 bits per heavy atom. The molecule has 2 bridgehead atoms. The maximum Gasteiger partial charge on any atom is 0.311 e. The van der Waals surface area contributed by atoms with E-state index < -0.39 is 141 Å². The molecule has 3 heterocycles. The van der Waals surface area contributed by atoms with E-state index in [-0.39, 0.29) is 38.0 Å². The first-order valence-electron chi connectivity index (χ1n) is 22.2. The molecule has 0 spiro atoms. The Morgan fingerprint density at radius 2 is 1.25 bits per heavy atom. The van der Waals surface area contributed by atoms with Crippen molar-refractivity contribution in [2.45, 2.75) is 177 Å². The summed E-state index contributed by atoms with van der Waals surface area (Å²) in [7, 11) is 0. The third kappa shape index (κ3) is 18.8. The number of cyclic esters (lactones) is 1. The smallest absolute Gasteiger partial charge is 0.311 e. The number of carbonyl (C=O) groups excluding carboxylic acids is 1. The molecule has 17 nitrogen and oxygen atoms in total. The molecule has 0 amide bonds. The number of aliphatic hydroxyl groups is 9. The summed E-state index contributed by atoms with van der Waals surface area (Å²) in [6.07, 6.45) is 7.24. The maximum absolute atomic E-state index is 12.6. The van der Waals surface area contributed by atoms with Crippen LogP contribution in [0.3, 0.4) is 0 Å². The Kier molecular flexibility index (Phi) is 23.4. The first-order chi connectivity index (χ1) is 30.2. The number of nitrogens with two attached hydrogens (primary N) is 1. The zero-order valence-corrected chi connectivity index (χ0v) is 37.3. The molecule has 362 valence electrons. The Morgan fingerprint density at radius 3 is 1.83 bits per heavy atom. The van der Waals surface area contributed by atoms with Gasteiger partial charge in [0, 0.05) is 50.0 Å². The molecule has 64 heavy (non-hydrogen) atoms. The van der Waals surface area contributed by atoms with E-state index in [9.17, 15) is 60.7 Å². The van der Waals surface area contributed by atoms with Gasteiger partial charge in [-0.05, 0) is 33.1 Å². The van der Waals surface area contributed by atoms with Crippen molar-refractivity contribution in [3.05, 3.63) is 85.1 Å². The predicted molar refractivity (Wildman–Crippen MR) is 236 cm³/mol. The number of fused-ring (bicyclic) bond motifs is 2. The number of ether oxygens (including phenoxy) is 4. The molecule has 0 aromatic rings. The highest BCUT2D eigenvalue weighted by atomic mass is 16.7. The summed E-state index contributed by atoms with van der Waals surface area (Å²) < 4.78 is 23.5. The largest absolute Gasteiger partial charge is 0.481 e. The second-order valence-electron chi connectivity index (χ2n) is 17.5. The van der Waals surface area contributed by atoms with Gasteiger partial charge in [0.2, 0.25) is 0 Å². The van der Waals surface area contributed by atoms with Gasteiger partial charge in [-0.25, -0.2) is 0 Å². The van der Waals surface area contributed by atoms with E-state index in [1.165, 1.54) is 0 Å². The number of rotatable bonds is 3. The molecule has 0 aromatic carbocycles. The zero-order valence-electron chi connectivity index (χ0n) is 37.3. The molecule has 17 heteroatoms. The van der Waals surface area contributed by atoms with Gasteiger partial charge in [-0.2, -0.15) is 0 Å². The SMILES string of the molecule is C[C@@H]1[C@H](O)[C@@H](C)/C=C/C=C/C=C/C=C/C=C/C=C/C=C/[C@H](O[C@@H]2C[C@@H](N)[C@H](O)[C@H](C)O2)C[C@@H]2O[C@](O)(C[C@@H](O)C[C@@H](O)[C@H](O)CC[C@@H](O)C[C@@H](O)CC(=O)O[C@H]1C)C[C@H](O)[C@H]2C(=O)O. The van der Waals surface area contributed by atoms with E-state index in [1.807, 2.05) is 49.5 Å². The molecule has 0 aliphatic carbocycles. The molecule has 0 saturated carbocycles. The second-order valence-corrected chi connectivity index (χ2v) is 17.5. The van der Waals surface area contributed by atoms with Crippen LogP contribution in [0.5, 0.6) is 0 Å². The standard InChI is InChI=1S/C47H73NO16/c1-28-17-15-13-11-9-7-5-6-8-10-12-14-16-18-35(63-42-25-36(48)45(57)31(4)62-42)24-40-43(46(58)59)39(54)27-47(60,64-40)26-34(51)22-38(53)37(52)20-19-32(49)21-33(50)23-41(55)61-30(3)29(2)44(28)56/h5-18,28-40,42-45,49-54,56-57,60H,19-27,48H2,1-4H3,(H,58,59)/b6-5+,9-7+,10-8+,13-11+,14-12+,17-15+,18-16+/t28-,29-,30-,31-,32+,33+,34-,35-,36+,37+,38+,39-,40-,42+,43+,44+,45+,47+/m0/s1. The number of aliphatic hydroxyl groups excluding tert-OH is 8. The molecule has 2 saturated heterocycles. The molecular weight excluding hydrogens is 835 g/mol. The summed E-state index contributed by atoms with van der Waals surface area (Å²) in [5, 5.41) is 107. The maximum atomic E-state index is 12.6. The van der Waals surface area contributed by atoms with Crippen molar-refractivity contribution in [1.29, 1.82) is 0 Å². The molecule has 3 rings (SSSR count). The first-order valence-corrected chi connectivity index (χ1v) is 22.2. The number of esters is 1. The number of hydrogen-bond acceptors (Lipinski definition) is 16. The van der Waals surface area contributed by atoms with Gasteiger partial charge < -0.3 is 75.7 Å². The van der Waals surface area contributed by atoms with Crippen LogP contribution in [0, 0.1) is 17.8 Å². The van der Waals surface area contributed by atoms with Crippen molar-refractivity contribution in [3.63, 3.8) is 0 Å². The lowest BCUT2D eigenvalue weighted by molar-refractivity contribution is -0.304. The van der Waals surface area contributed by atoms with Crippen LogP contribution < -0.4 is 5.73 Å². The number of aliphatic carboxylic acids is 1. The van der Waals surface area contributed by atoms with Crippen LogP contribution >= 0.6 is 0 Å². The summed E-state index contributed by atoms with van der Waals surface area (Å²) in [5.41, 5.74) is 6.12. The van der Waals surface area contributed by atoms with E-state index in [2.05, 4.69) is 0 Å². The van der Waals surface area contributed by atoms with E-state index >= 15 is 0 Å². The van der Waals surface area contributed by atoms with Crippen LogP contribution in [0.15, 0.2) is 85.1 Å². The van der Waals surface area contributed by atoms with E-state index in [1.54, 1.807) is 63.3 Å². The molecule has 0 aromatic heterocycles. The Labute approximate surface area is 376 Å². The fourth-order valence-electron chi connectivity index (χ4n) is 7.98. The van der Waals surface area contributed by atoms with Crippen LogP contribution in [0.1, 0.15) is 85.5 Å². The quantitative estimate of drug-likeness (QED) is 0.180. The minimum Gasteiger partial charge on any atom is -0.481 e. The van der Waals surface area contributed by atoms with Crippen LogP contribution in [0.25, 0.3) is 0 Å². The van der Waals surface area contributed by atoms with Crippen molar-refractivity contribution in [1.82, 2.24) is 0 Å². The molecule has 18 atom stereocenters. The van der Waals surface area contributed by atoms with Crippen molar-refractivity contribution in [2.24, 2.45) is 23.5 Å². The van der Waals surface area contributed by atoms with Gasteiger partial charge in [-0.3, -0.25) is 9.59 Å². The number of hydrogen-bond donors (Lipinski definition) is 11. The van der Waals surface area contributed by atoms with Gasteiger partial charge in [-0.15, -0.1) is 0 Å². The third-order valence-electron chi connectivity index (χ3n) is 11.9. The number of allylic oxidation sites excluding steroid dienone is 12. The average Bonchev–Trinajstić information content (AvgIpc) is 3.19. The van der Waals surface area contributed by atoms with Gasteiger partial charge in [0.25, 0.3) is 0 Å². The van der Waals surface area contributed by atoms with Gasteiger partial charge in [-0.1, -0.05) is 98.9 Å². The Bertz CT molecular complexity index is 1620. The topological polar surface area (TPSA) is 299 Å². The molecule has 0 radical (unpaired) electrons. The molecule has 12 N–H and O–H groups in total. The van der Waals surface area contributed by atoms with Gasteiger partial charge >= 0.3 is 11.9 Å². The summed E-state index contributed by atoms with van der Waals surface area (Å²) in [4.78, 5) is 25.1. The molecule has 2 fully saturated rings.